The van der Waals surface area contributed by atoms with Crippen LogP contribution in [0.5, 0.6) is 0 Å². The third kappa shape index (κ3) is 5.67. The van der Waals surface area contributed by atoms with Crippen molar-refractivity contribution in [3.05, 3.63) is 53.0 Å². The van der Waals surface area contributed by atoms with Crippen molar-refractivity contribution in [2.75, 3.05) is 31.6 Å². The van der Waals surface area contributed by atoms with E-state index in [4.69, 9.17) is 9.72 Å². The number of hydrogen-bond acceptors (Lipinski definition) is 6. The molecule has 194 valence electrons. The molecule has 1 unspecified atom stereocenters. The van der Waals surface area contributed by atoms with E-state index in [2.05, 4.69) is 22.4 Å². The van der Waals surface area contributed by atoms with Crippen molar-refractivity contribution in [1.82, 2.24) is 14.9 Å². The molecule has 2 fully saturated rings. The number of rotatable bonds is 10. The second-order valence-electron chi connectivity index (χ2n) is 10.3. The number of carboxylic acid groups (broad SMARTS) is 1. The first-order valence-corrected chi connectivity index (χ1v) is 13.0. The molecule has 3 aliphatic rings. The van der Waals surface area contributed by atoms with Gasteiger partial charge >= 0.3 is 5.97 Å². The number of pyridine rings is 2. The maximum Gasteiger partial charge on any atom is 0.325 e. The minimum Gasteiger partial charge on any atom is -0.480 e. The molecular weight excluding hydrogens is 466 g/mol. The van der Waals surface area contributed by atoms with Gasteiger partial charge in [-0.2, -0.15) is 0 Å². The first kappa shape index (κ1) is 25.0. The number of carboxylic acids is 1. The monoisotopic (exact) mass is 500 g/mol. The third-order valence-electron chi connectivity index (χ3n) is 7.55. The molecule has 0 amide bonds. The number of ether oxygens (including phenoxy) is 1. The van der Waals surface area contributed by atoms with Crippen molar-refractivity contribution in [3.63, 3.8) is 0 Å². The normalized spacial score (nSPS) is 22.4. The summed E-state index contributed by atoms with van der Waals surface area (Å²) in [5.74, 6) is -3.04. The molecule has 2 aromatic heterocycles. The highest BCUT2D eigenvalue weighted by molar-refractivity contribution is 5.76. The number of anilines is 1. The summed E-state index contributed by atoms with van der Waals surface area (Å²) in [5, 5.41) is 13.4. The summed E-state index contributed by atoms with van der Waals surface area (Å²) in [5.41, 5.74) is 3.41. The number of unbranched alkanes of at least 4 members (excludes halogenated alkanes) is 1. The molecule has 0 spiro atoms. The number of aryl methyl sites for hydroxylation is 2. The zero-order valence-corrected chi connectivity index (χ0v) is 20.5. The van der Waals surface area contributed by atoms with E-state index in [0.29, 0.717) is 31.0 Å². The van der Waals surface area contributed by atoms with E-state index in [1.807, 2.05) is 4.90 Å². The van der Waals surface area contributed by atoms with Crippen LogP contribution in [0, 0.1) is 0 Å². The Balaban J connectivity index is 1.11. The van der Waals surface area contributed by atoms with Crippen LogP contribution in [0.4, 0.5) is 14.6 Å². The van der Waals surface area contributed by atoms with Crippen LogP contribution in [0.2, 0.25) is 0 Å². The Labute approximate surface area is 210 Å². The number of nitrogens with one attached hydrogen (secondary N) is 1. The van der Waals surface area contributed by atoms with Gasteiger partial charge in [0.25, 0.3) is 0 Å². The smallest absolute Gasteiger partial charge is 0.325 e. The molecule has 2 N–H and O–H groups in total. The van der Waals surface area contributed by atoms with Crippen LogP contribution in [0.25, 0.3) is 0 Å². The molecule has 0 aromatic carbocycles. The fourth-order valence-corrected chi connectivity index (χ4v) is 5.63. The van der Waals surface area contributed by atoms with E-state index in [-0.39, 0.29) is 18.9 Å². The summed E-state index contributed by atoms with van der Waals surface area (Å²) in [4.78, 5) is 23.2. The Bertz CT molecular complexity index is 1070. The van der Waals surface area contributed by atoms with E-state index >= 15 is 0 Å². The molecule has 1 saturated heterocycles. The fraction of sp³-hybridized carbons (Fsp3) is 0.593. The summed E-state index contributed by atoms with van der Waals surface area (Å²) >= 11 is 0. The number of fused-ring (bicyclic) bond motifs is 1. The van der Waals surface area contributed by atoms with Crippen LogP contribution >= 0.6 is 0 Å². The highest BCUT2D eigenvalue weighted by Crippen LogP contribution is 2.49. The molecule has 36 heavy (non-hydrogen) atoms. The highest BCUT2D eigenvalue weighted by Gasteiger charge is 2.48. The van der Waals surface area contributed by atoms with Crippen molar-refractivity contribution in [2.45, 2.75) is 75.4 Å². The number of aromatic nitrogens is 2. The van der Waals surface area contributed by atoms with Crippen molar-refractivity contribution in [1.29, 1.82) is 0 Å². The van der Waals surface area contributed by atoms with Crippen LogP contribution in [-0.4, -0.2) is 64.2 Å². The first-order valence-electron chi connectivity index (χ1n) is 13.0. The standard InChI is InChI=1S/C27H34F2N4O3/c28-27(29)15-19(16-27)23-22(7-4-11-30-23)24(26(34)35)33-13-10-21(17-33)36-14-2-1-6-20-9-8-18-5-3-12-31-25(18)32-20/h4,7-9,11,19,21,24H,1-3,5-6,10,12-17H2,(H,31,32)(H,34,35)/t21-,24?/m1/s1. The highest BCUT2D eigenvalue weighted by atomic mass is 19.3. The second-order valence-corrected chi connectivity index (χ2v) is 10.3. The van der Waals surface area contributed by atoms with Crippen molar-refractivity contribution in [3.8, 4) is 0 Å². The maximum absolute atomic E-state index is 13.5. The van der Waals surface area contributed by atoms with E-state index in [1.54, 1.807) is 18.3 Å². The van der Waals surface area contributed by atoms with Crippen molar-refractivity contribution in [2.24, 2.45) is 0 Å². The van der Waals surface area contributed by atoms with Crippen LogP contribution in [0.15, 0.2) is 30.5 Å². The lowest BCUT2D eigenvalue weighted by atomic mass is 9.76. The van der Waals surface area contributed by atoms with Gasteiger partial charge in [0.15, 0.2) is 0 Å². The van der Waals surface area contributed by atoms with Crippen molar-refractivity contribution >= 4 is 11.8 Å². The second kappa shape index (κ2) is 10.8. The summed E-state index contributed by atoms with van der Waals surface area (Å²) in [6.45, 7) is 2.69. The molecule has 4 heterocycles. The zero-order chi connectivity index (χ0) is 25.1. The number of hydrogen-bond donors (Lipinski definition) is 2. The van der Waals surface area contributed by atoms with E-state index in [1.165, 1.54) is 5.56 Å². The predicted octanol–water partition coefficient (Wildman–Crippen LogP) is 4.59. The minimum atomic E-state index is -2.68. The van der Waals surface area contributed by atoms with Crippen molar-refractivity contribution < 1.29 is 23.4 Å². The largest absolute Gasteiger partial charge is 0.480 e. The SMILES string of the molecule is O=C(O)C(c1cccnc1C1CC(F)(F)C1)N1CC[C@@H](OCCCCc2ccc3c(n2)NCCC3)C1. The number of alkyl halides is 2. The molecule has 1 aliphatic carbocycles. The zero-order valence-electron chi connectivity index (χ0n) is 20.5. The molecule has 0 radical (unpaired) electrons. The van der Waals surface area contributed by atoms with Gasteiger partial charge in [0.1, 0.15) is 11.9 Å². The lowest BCUT2D eigenvalue weighted by Crippen LogP contribution is -2.38. The average Bonchev–Trinajstić information content (AvgIpc) is 3.30. The number of nitrogens with zero attached hydrogens (tertiary/aromatic N) is 3. The average molecular weight is 501 g/mol. The molecule has 7 nitrogen and oxygen atoms in total. The Kier molecular flexibility index (Phi) is 7.48. The summed E-state index contributed by atoms with van der Waals surface area (Å²) < 4.78 is 33.0. The van der Waals surface area contributed by atoms with Gasteiger partial charge in [-0.05, 0) is 56.2 Å². The molecule has 1 saturated carbocycles. The number of likely N-dealkylation sites (tertiary alicyclic amines) is 1. The van der Waals surface area contributed by atoms with Gasteiger partial charge in [-0.1, -0.05) is 12.1 Å². The lowest BCUT2D eigenvalue weighted by Gasteiger charge is -2.36. The molecule has 2 atom stereocenters. The summed E-state index contributed by atoms with van der Waals surface area (Å²) in [6.07, 6.45) is 6.76. The molecule has 9 heteroatoms. The molecular formula is C27H34F2N4O3. The Morgan fingerprint density at radius 1 is 1.28 bits per heavy atom. The number of carbonyl (C=O) groups is 1. The minimum absolute atomic E-state index is 0.0360. The van der Waals surface area contributed by atoms with Gasteiger partial charge < -0.3 is 15.2 Å². The van der Waals surface area contributed by atoms with Crippen LogP contribution in [0.1, 0.15) is 73.0 Å². The number of aliphatic carboxylic acids is 1. The van der Waals surface area contributed by atoms with Crippen LogP contribution < -0.4 is 5.32 Å². The van der Waals surface area contributed by atoms with Gasteiger partial charge in [-0.15, -0.1) is 0 Å². The maximum atomic E-state index is 13.5. The van der Waals surface area contributed by atoms with Gasteiger partial charge in [-0.3, -0.25) is 14.7 Å². The van der Waals surface area contributed by atoms with Crippen LogP contribution in [0.3, 0.4) is 0 Å². The lowest BCUT2D eigenvalue weighted by molar-refractivity contribution is -0.143. The van der Waals surface area contributed by atoms with Gasteiger partial charge in [0, 0.05) is 68.1 Å². The predicted molar refractivity (Wildman–Crippen MR) is 131 cm³/mol. The van der Waals surface area contributed by atoms with Gasteiger partial charge in [0.05, 0.1) is 6.10 Å². The number of halogens is 2. The topological polar surface area (TPSA) is 87.6 Å². The molecule has 5 rings (SSSR count). The summed E-state index contributed by atoms with van der Waals surface area (Å²) in [7, 11) is 0. The summed E-state index contributed by atoms with van der Waals surface area (Å²) in [6, 6.07) is 6.79. The van der Waals surface area contributed by atoms with E-state index in [0.717, 1.165) is 56.6 Å². The first-order chi connectivity index (χ1) is 17.4. The molecule has 2 aromatic rings. The Morgan fingerprint density at radius 3 is 2.94 bits per heavy atom. The van der Waals surface area contributed by atoms with Gasteiger partial charge in [-0.25, -0.2) is 13.8 Å². The van der Waals surface area contributed by atoms with E-state index in [9.17, 15) is 18.7 Å². The fourth-order valence-electron chi connectivity index (χ4n) is 5.63. The van der Waals surface area contributed by atoms with Gasteiger partial charge in [0.2, 0.25) is 5.92 Å². The molecule has 0 bridgehead atoms. The Morgan fingerprint density at radius 2 is 2.14 bits per heavy atom. The molecule has 2 aliphatic heterocycles. The van der Waals surface area contributed by atoms with Crippen LogP contribution in [-0.2, 0) is 22.4 Å². The quantitative estimate of drug-likeness (QED) is 0.462. The third-order valence-corrected chi connectivity index (χ3v) is 7.55. The van der Waals surface area contributed by atoms with E-state index < -0.39 is 23.9 Å². The Hall–Kier alpha value is -2.65.